The van der Waals surface area contributed by atoms with Crippen molar-refractivity contribution in [2.75, 3.05) is 11.9 Å². The molecule has 0 bridgehead atoms. The molecule has 3 N–H and O–H groups in total. The molecular formula is C13H15F3N2O3. The van der Waals surface area contributed by atoms with Crippen LogP contribution < -0.4 is 10.6 Å². The number of carboxylic acids is 1. The normalized spacial score (nSPS) is 11.0. The first kappa shape index (κ1) is 16.8. The molecule has 0 aliphatic carbocycles. The van der Waals surface area contributed by atoms with Crippen LogP contribution in [-0.2, 0) is 11.2 Å². The van der Waals surface area contributed by atoms with Gasteiger partial charge in [-0.15, -0.1) is 0 Å². The molecule has 5 nitrogen and oxygen atoms in total. The predicted octanol–water partition coefficient (Wildman–Crippen LogP) is 2.78. The van der Waals surface area contributed by atoms with Crippen LogP contribution in [0.2, 0.25) is 0 Å². The molecule has 1 rings (SSSR count). The number of carbonyl (C=O) groups excluding carboxylic acids is 1. The third-order valence-electron chi connectivity index (χ3n) is 2.57. The van der Waals surface area contributed by atoms with Crippen molar-refractivity contribution in [2.24, 2.45) is 0 Å². The van der Waals surface area contributed by atoms with E-state index >= 15 is 0 Å². The Balaban J connectivity index is 2.53. The van der Waals surface area contributed by atoms with E-state index in [0.717, 1.165) is 0 Å². The third kappa shape index (κ3) is 7.19. The van der Waals surface area contributed by atoms with E-state index < -0.39 is 31.1 Å². The van der Waals surface area contributed by atoms with Crippen molar-refractivity contribution in [3.8, 4) is 0 Å². The number of aryl methyl sites for hydroxylation is 1. The van der Waals surface area contributed by atoms with Crippen molar-refractivity contribution in [3.63, 3.8) is 0 Å². The highest BCUT2D eigenvalue weighted by atomic mass is 19.4. The van der Waals surface area contributed by atoms with Gasteiger partial charge < -0.3 is 15.7 Å². The molecule has 0 saturated carbocycles. The van der Waals surface area contributed by atoms with E-state index in [4.69, 9.17) is 5.11 Å². The molecule has 0 spiro atoms. The van der Waals surface area contributed by atoms with Gasteiger partial charge in [-0.25, -0.2) is 4.79 Å². The summed E-state index contributed by atoms with van der Waals surface area (Å²) in [5.74, 6) is -0.973. The van der Waals surface area contributed by atoms with Crippen LogP contribution in [-0.4, -0.2) is 29.8 Å². The number of hydrogen-bond acceptors (Lipinski definition) is 2. The fourth-order valence-corrected chi connectivity index (χ4v) is 1.59. The number of carbonyl (C=O) groups is 2. The predicted molar refractivity (Wildman–Crippen MR) is 70.1 cm³/mol. The van der Waals surface area contributed by atoms with E-state index in [1.165, 1.54) is 0 Å². The molecule has 1 aromatic rings. The van der Waals surface area contributed by atoms with Gasteiger partial charge in [-0.1, -0.05) is 18.2 Å². The molecule has 1 aromatic carbocycles. The number of rotatable bonds is 6. The van der Waals surface area contributed by atoms with Crippen molar-refractivity contribution in [3.05, 3.63) is 29.8 Å². The minimum atomic E-state index is -4.33. The molecule has 116 valence electrons. The Morgan fingerprint density at radius 2 is 1.86 bits per heavy atom. The quantitative estimate of drug-likeness (QED) is 0.756. The van der Waals surface area contributed by atoms with Gasteiger partial charge in [0.05, 0.1) is 6.42 Å². The van der Waals surface area contributed by atoms with E-state index in [0.29, 0.717) is 11.3 Å². The highest BCUT2D eigenvalue weighted by Crippen LogP contribution is 2.19. The SMILES string of the molecule is O=C(O)CCc1ccccc1NC(=O)NCCC(F)(F)F. The van der Waals surface area contributed by atoms with Crippen molar-refractivity contribution >= 4 is 17.7 Å². The average Bonchev–Trinajstić information content (AvgIpc) is 2.36. The lowest BCUT2D eigenvalue weighted by atomic mass is 10.1. The van der Waals surface area contributed by atoms with Crippen LogP contribution in [0.4, 0.5) is 23.7 Å². The van der Waals surface area contributed by atoms with Crippen molar-refractivity contribution in [1.82, 2.24) is 5.32 Å². The number of nitrogens with one attached hydrogen (secondary N) is 2. The highest BCUT2D eigenvalue weighted by Gasteiger charge is 2.26. The van der Waals surface area contributed by atoms with Gasteiger partial charge in [0.25, 0.3) is 0 Å². The summed E-state index contributed by atoms with van der Waals surface area (Å²) in [6.45, 7) is -0.521. The lowest BCUT2D eigenvalue weighted by molar-refractivity contribution is -0.137. The van der Waals surface area contributed by atoms with Crippen molar-refractivity contribution < 1.29 is 27.9 Å². The number of anilines is 1. The zero-order chi connectivity index (χ0) is 15.9. The van der Waals surface area contributed by atoms with Crippen LogP contribution in [0.3, 0.4) is 0 Å². The van der Waals surface area contributed by atoms with Crippen molar-refractivity contribution in [1.29, 1.82) is 0 Å². The molecule has 2 amide bonds. The molecule has 0 radical (unpaired) electrons. The number of amides is 2. The number of aliphatic carboxylic acids is 1. The summed E-state index contributed by atoms with van der Waals surface area (Å²) in [5.41, 5.74) is 0.981. The molecule has 0 atom stereocenters. The third-order valence-corrected chi connectivity index (χ3v) is 2.57. The number of hydrogen-bond donors (Lipinski definition) is 3. The van der Waals surface area contributed by atoms with Crippen LogP contribution in [0.25, 0.3) is 0 Å². The minimum Gasteiger partial charge on any atom is -0.481 e. The maximum Gasteiger partial charge on any atom is 0.390 e. The molecule has 8 heteroatoms. The number of carboxylic acid groups (broad SMARTS) is 1. The summed E-state index contributed by atoms with van der Waals surface area (Å²) < 4.78 is 35.8. The Hall–Kier alpha value is -2.25. The molecule has 0 saturated heterocycles. The Morgan fingerprint density at radius 1 is 1.19 bits per heavy atom. The first-order chi connectivity index (χ1) is 9.78. The monoisotopic (exact) mass is 304 g/mol. The lowest BCUT2D eigenvalue weighted by Gasteiger charge is -2.12. The maximum atomic E-state index is 11.9. The second-order valence-corrected chi connectivity index (χ2v) is 4.30. The summed E-state index contributed by atoms with van der Waals surface area (Å²) in [6, 6.07) is 5.76. The van der Waals surface area contributed by atoms with Crippen molar-refractivity contribution in [2.45, 2.75) is 25.4 Å². The number of alkyl halides is 3. The summed E-state index contributed by atoms with van der Waals surface area (Å²) >= 11 is 0. The summed E-state index contributed by atoms with van der Waals surface area (Å²) in [7, 11) is 0. The first-order valence-electron chi connectivity index (χ1n) is 6.19. The fourth-order valence-electron chi connectivity index (χ4n) is 1.59. The fraction of sp³-hybridized carbons (Fsp3) is 0.385. The molecule has 0 fully saturated rings. The number of para-hydroxylation sites is 1. The molecule has 0 aromatic heterocycles. The van der Waals surface area contributed by atoms with Gasteiger partial charge in [0.1, 0.15) is 0 Å². The standard InChI is InChI=1S/C13H15F3N2O3/c14-13(15,16)7-8-17-12(21)18-10-4-2-1-3-9(10)5-6-11(19)20/h1-4H,5-8H2,(H,19,20)(H2,17,18,21). The first-order valence-corrected chi connectivity index (χ1v) is 6.19. The second-order valence-electron chi connectivity index (χ2n) is 4.30. The maximum absolute atomic E-state index is 11.9. The summed E-state index contributed by atoms with van der Waals surface area (Å²) in [4.78, 5) is 22.0. The second kappa shape index (κ2) is 7.51. The van der Waals surface area contributed by atoms with Crippen LogP contribution in [0.5, 0.6) is 0 Å². The van der Waals surface area contributed by atoms with Crippen LogP contribution in [0.15, 0.2) is 24.3 Å². The Bertz CT molecular complexity index is 504. The molecule has 21 heavy (non-hydrogen) atoms. The average molecular weight is 304 g/mol. The van der Waals surface area contributed by atoms with E-state index in [2.05, 4.69) is 10.6 Å². The zero-order valence-electron chi connectivity index (χ0n) is 11.0. The van der Waals surface area contributed by atoms with E-state index in [1.807, 2.05) is 0 Å². The Morgan fingerprint density at radius 3 is 2.48 bits per heavy atom. The summed E-state index contributed by atoms with van der Waals surface area (Å²) in [6.07, 6.45) is -5.32. The number of benzene rings is 1. The van der Waals surface area contributed by atoms with Gasteiger partial charge in [0, 0.05) is 18.7 Å². The molecule has 0 unspecified atom stereocenters. The van der Waals surface area contributed by atoms with Crippen LogP contribution >= 0.6 is 0 Å². The minimum absolute atomic E-state index is 0.103. The van der Waals surface area contributed by atoms with E-state index in [-0.39, 0.29) is 12.8 Å². The van der Waals surface area contributed by atoms with Gasteiger partial charge in [0.15, 0.2) is 0 Å². The number of urea groups is 1. The molecular weight excluding hydrogens is 289 g/mol. The highest BCUT2D eigenvalue weighted by molar-refractivity contribution is 5.90. The van der Waals surface area contributed by atoms with E-state index in [9.17, 15) is 22.8 Å². The zero-order valence-corrected chi connectivity index (χ0v) is 11.0. The Kier molecular flexibility index (Phi) is 6.01. The summed E-state index contributed by atoms with van der Waals surface area (Å²) in [5, 5.41) is 13.1. The largest absolute Gasteiger partial charge is 0.481 e. The van der Waals surface area contributed by atoms with Crippen LogP contribution in [0, 0.1) is 0 Å². The van der Waals surface area contributed by atoms with E-state index in [1.54, 1.807) is 24.3 Å². The lowest BCUT2D eigenvalue weighted by Crippen LogP contribution is -2.32. The van der Waals surface area contributed by atoms with Gasteiger partial charge in [-0.3, -0.25) is 4.79 Å². The number of halogens is 3. The van der Waals surface area contributed by atoms with Gasteiger partial charge in [0.2, 0.25) is 0 Å². The topological polar surface area (TPSA) is 78.4 Å². The molecule has 0 aliphatic heterocycles. The van der Waals surface area contributed by atoms with Gasteiger partial charge in [-0.2, -0.15) is 13.2 Å². The molecule has 0 heterocycles. The van der Waals surface area contributed by atoms with Gasteiger partial charge >= 0.3 is 18.2 Å². The molecule has 0 aliphatic rings. The Labute approximate surface area is 119 Å². The smallest absolute Gasteiger partial charge is 0.390 e. The van der Waals surface area contributed by atoms with Crippen LogP contribution in [0.1, 0.15) is 18.4 Å². The van der Waals surface area contributed by atoms with Gasteiger partial charge in [-0.05, 0) is 18.1 Å².